The third-order valence-corrected chi connectivity index (χ3v) is 2.64. The van der Waals surface area contributed by atoms with Crippen LogP contribution in [0.5, 0.6) is 0 Å². The molecule has 0 spiro atoms. The third kappa shape index (κ3) is 2.39. The van der Waals surface area contributed by atoms with Gasteiger partial charge < -0.3 is 4.98 Å². The number of aromatic amines is 1. The van der Waals surface area contributed by atoms with E-state index in [9.17, 15) is 8.78 Å². The third-order valence-electron chi connectivity index (χ3n) is 2.23. The summed E-state index contributed by atoms with van der Waals surface area (Å²) >= 11 is 6.07. The molecule has 1 aromatic carbocycles. The molecule has 0 bridgehead atoms. The van der Waals surface area contributed by atoms with Crippen LogP contribution < -0.4 is 0 Å². The number of imidazole rings is 1. The molecule has 1 N–H and O–H groups in total. The Morgan fingerprint density at radius 3 is 2.75 bits per heavy atom. The fourth-order valence-corrected chi connectivity index (χ4v) is 1.69. The van der Waals surface area contributed by atoms with Gasteiger partial charge in [-0.25, -0.2) is 13.8 Å². The van der Waals surface area contributed by atoms with Crippen molar-refractivity contribution in [3.05, 3.63) is 53.6 Å². The van der Waals surface area contributed by atoms with Crippen molar-refractivity contribution < 1.29 is 8.78 Å². The highest BCUT2D eigenvalue weighted by Gasteiger charge is 2.12. The van der Waals surface area contributed by atoms with E-state index in [-0.39, 0.29) is 0 Å². The summed E-state index contributed by atoms with van der Waals surface area (Å²) in [6.07, 6.45) is 3.74. The van der Waals surface area contributed by atoms with Crippen LogP contribution in [-0.4, -0.2) is 9.97 Å². The van der Waals surface area contributed by atoms with Crippen LogP contribution in [0.4, 0.5) is 8.78 Å². The summed E-state index contributed by atoms with van der Waals surface area (Å²) in [6, 6.07) is 3.65. The highest BCUT2D eigenvalue weighted by atomic mass is 35.5. The summed E-state index contributed by atoms with van der Waals surface area (Å²) in [5, 5.41) is -0.429. The first-order valence-corrected chi connectivity index (χ1v) is 5.17. The second-order valence-corrected chi connectivity index (χ2v) is 3.91. The number of alkyl halides is 1. The molecule has 0 saturated heterocycles. The zero-order chi connectivity index (χ0) is 11.5. The number of nitrogens with zero attached hydrogens (tertiary/aromatic N) is 1. The number of halogens is 3. The molecule has 0 radical (unpaired) electrons. The van der Waals surface area contributed by atoms with Crippen LogP contribution in [0.3, 0.4) is 0 Å². The molecule has 0 aliphatic carbocycles. The van der Waals surface area contributed by atoms with Gasteiger partial charge in [-0.3, -0.25) is 0 Å². The van der Waals surface area contributed by atoms with Gasteiger partial charge in [-0.05, 0) is 17.7 Å². The number of aromatic nitrogens is 2. The normalized spacial score (nSPS) is 12.7. The van der Waals surface area contributed by atoms with E-state index in [2.05, 4.69) is 9.97 Å². The standard InChI is InChI=1S/C11H9ClF2N2/c12-8(6-11-15-3-4-16-11)7-1-2-9(13)10(14)5-7/h1-5,8H,6H2,(H,15,16). The van der Waals surface area contributed by atoms with Gasteiger partial charge in [-0.1, -0.05) is 6.07 Å². The molecule has 5 heteroatoms. The minimum absolute atomic E-state index is 0.429. The summed E-state index contributed by atoms with van der Waals surface area (Å²) in [7, 11) is 0. The SMILES string of the molecule is Fc1ccc(C(Cl)Cc2ncc[nH]2)cc1F. The Kier molecular flexibility index (Phi) is 3.19. The van der Waals surface area contributed by atoms with Crippen molar-refractivity contribution >= 4 is 11.6 Å². The molecular formula is C11H9ClF2N2. The topological polar surface area (TPSA) is 28.7 Å². The molecule has 1 unspecified atom stereocenters. The Labute approximate surface area is 96.3 Å². The van der Waals surface area contributed by atoms with E-state index in [4.69, 9.17) is 11.6 Å². The number of rotatable bonds is 3. The van der Waals surface area contributed by atoms with E-state index in [1.165, 1.54) is 6.07 Å². The lowest BCUT2D eigenvalue weighted by molar-refractivity contribution is 0.506. The van der Waals surface area contributed by atoms with Crippen LogP contribution >= 0.6 is 11.6 Å². The van der Waals surface area contributed by atoms with Crippen LogP contribution in [0, 0.1) is 11.6 Å². The molecule has 2 rings (SSSR count). The van der Waals surface area contributed by atoms with Crippen LogP contribution in [0.1, 0.15) is 16.8 Å². The Morgan fingerprint density at radius 1 is 1.31 bits per heavy atom. The van der Waals surface area contributed by atoms with Crippen LogP contribution in [0.25, 0.3) is 0 Å². The Bertz CT molecular complexity index is 471. The number of nitrogens with one attached hydrogen (secondary N) is 1. The van der Waals surface area contributed by atoms with Gasteiger partial charge in [0.1, 0.15) is 5.82 Å². The van der Waals surface area contributed by atoms with Gasteiger partial charge in [0.2, 0.25) is 0 Å². The highest BCUT2D eigenvalue weighted by Crippen LogP contribution is 2.25. The molecule has 1 aromatic heterocycles. The molecule has 84 valence electrons. The second kappa shape index (κ2) is 4.61. The molecule has 2 nitrogen and oxygen atoms in total. The summed E-state index contributed by atoms with van der Waals surface area (Å²) < 4.78 is 25.7. The van der Waals surface area contributed by atoms with Crippen LogP contribution in [0.2, 0.25) is 0 Å². The molecule has 0 amide bonds. The van der Waals surface area contributed by atoms with E-state index < -0.39 is 17.0 Å². The van der Waals surface area contributed by atoms with Gasteiger partial charge >= 0.3 is 0 Å². The van der Waals surface area contributed by atoms with Crippen molar-refractivity contribution in [3.63, 3.8) is 0 Å². The monoisotopic (exact) mass is 242 g/mol. The van der Waals surface area contributed by atoms with Gasteiger partial charge in [0.25, 0.3) is 0 Å². The maximum absolute atomic E-state index is 13.0. The van der Waals surface area contributed by atoms with E-state index >= 15 is 0 Å². The zero-order valence-corrected chi connectivity index (χ0v) is 9.01. The predicted molar refractivity (Wildman–Crippen MR) is 57.2 cm³/mol. The van der Waals surface area contributed by atoms with Gasteiger partial charge in [0.05, 0.1) is 5.38 Å². The smallest absolute Gasteiger partial charge is 0.159 e. The van der Waals surface area contributed by atoms with Crippen molar-refractivity contribution in [3.8, 4) is 0 Å². The highest BCUT2D eigenvalue weighted by molar-refractivity contribution is 6.20. The molecule has 1 atom stereocenters. The molecule has 0 aliphatic heterocycles. The lowest BCUT2D eigenvalue weighted by Gasteiger charge is -2.08. The zero-order valence-electron chi connectivity index (χ0n) is 8.25. The largest absolute Gasteiger partial charge is 0.349 e. The van der Waals surface area contributed by atoms with Crippen molar-refractivity contribution in [2.45, 2.75) is 11.8 Å². The summed E-state index contributed by atoms with van der Waals surface area (Å²) in [5.74, 6) is -1.04. The molecule has 2 aromatic rings. The van der Waals surface area contributed by atoms with E-state index in [1.807, 2.05) is 0 Å². The minimum atomic E-state index is -0.886. The van der Waals surface area contributed by atoms with Crippen LogP contribution in [0.15, 0.2) is 30.6 Å². The van der Waals surface area contributed by atoms with E-state index in [1.54, 1.807) is 12.4 Å². The van der Waals surface area contributed by atoms with Crippen molar-refractivity contribution in [1.29, 1.82) is 0 Å². The summed E-state index contributed by atoms with van der Waals surface area (Å²) in [6.45, 7) is 0. The van der Waals surface area contributed by atoms with E-state index in [0.717, 1.165) is 12.1 Å². The molecule has 16 heavy (non-hydrogen) atoms. The van der Waals surface area contributed by atoms with Gasteiger partial charge in [-0.15, -0.1) is 11.6 Å². The molecule has 0 aliphatic rings. The van der Waals surface area contributed by atoms with Crippen LogP contribution in [-0.2, 0) is 6.42 Å². The average molecular weight is 243 g/mol. The van der Waals surface area contributed by atoms with Crippen molar-refractivity contribution in [2.24, 2.45) is 0 Å². The lowest BCUT2D eigenvalue weighted by atomic mass is 10.1. The molecule has 0 fully saturated rings. The van der Waals surface area contributed by atoms with Gasteiger partial charge in [0.15, 0.2) is 11.6 Å². The number of H-pyrrole nitrogens is 1. The van der Waals surface area contributed by atoms with Gasteiger partial charge in [-0.2, -0.15) is 0 Å². The summed E-state index contributed by atoms with van der Waals surface area (Å²) in [4.78, 5) is 6.91. The molecular weight excluding hydrogens is 234 g/mol. The number of hydrogen-bond acceptors (Lipinski definition) is 1. The van der Waals surface area contributed by atoms with Crippen molar-refractivity contribution in [2.75, 3.05) is 0 Å². The first-order chi connectivity index (χ1) is 7.66. The Balaban J connectivity index is 2.14. The average Bonchev–Trinajstić information content (AvgIpc) is 2.74. The Hall–Kier alpha value is -1.42. The Morgan fingerprint density at radius 2 is 2.12 bits per heavy atom. The first-order valence-electron chi connectivity index (χ1n) is 4.74. The first kappa shape index (κ1) is 11.1. The fourth-order valence-electron chi connectivity index (χ4n) is 1.40. The van der Waals surface area contributed by atoms with E-state index in [0.29, 0.717) is 17.8 Å². The maximum atomic E-state index is 13.0. The fraction of sp³-hybridized carbons (Fsp3) is 0.182. The number of hydrogen-bond donors (Lipinski definition) is 1. The minimum Gasteiger partial charge on any atom is -0.349 e. The molecule has 0 saturated carbocycles. The lowest BCUT2D eigenvalue weighted by Crippen LogP contribution is -1.99. The maximum Gasteiger partial charge on any atom is 0.159 e. The second-order valence-electron chi connectivity index (χ2n) is 3.38. The molecule has 1 heterocycles. The quantitative estimate of drug-likeness (QED) is 0.823. The summed E-state index contributed by atoms with van der Waals surface area (Å²) in [5.41, 5.74) is 0.539. The predicted octanol–water partition coefficient (Wildman–Crippen LogP) is 3.21. The number of benzene rings is 1. The van der Waals surface area contributed by atoms with Crippen molar-refractivity contribution in [1.82, 2.24) is 9.97 Å². The van der Waals surface area contributed by atoms with Gasteiger partial charge in [0, 0.05) is 18.8 Å².